The number of hydrogen-bond acceptors (Lipinski definition) is 8. The minimum absolute atomic E-state index is 0.0561. The second-order valence-corrected chi connectivity index (χ2v) is 4.94. The molecular weight excluding hydrogens is 292 g/mol. The number of nitrogens with zero attached hydrogens (tertiary/aromatic N) is 6. The van der Waals surface area contributed by atoms with Crippen molar-refractivity contribution in [2.24, 2.45) is 0 Å². The lowest BCUT2D eigenvalue weighted by molar-refractivity contribution is -0.141. The number of carbonyl (C=O) groups excluding carboxylic acids is 1. The standard InChI is InChI=1S/C12H10N6O2S/c1-20-10(19)7-18-12(15-16-17-18)21-11-13-6-8-4-2-3-5-9(8)14-11/h2-6H,7H2,1H3. The highest BCUT2D eigenvalue weighted by Gasteiger charge is 2.13. The second-order valence-electron chi connectivity index (χ2n) is 4.01. The number of esters is 1. The number of methoxy groups -OCH3 is 1. The average Bonchev–Trinajstić information content (AvgIpc) is 2.94. The molecule has 0 unspecified atom stereocenters. The van der Waals surface area contributed by atoms with Crippen molar-refractivity contribution in [3.8, 4) is 0 Å². The molecule has 2 heterocycles. The Kier molecular flexibility index (Phi) is 3.73. The minimum atomic E-state index is -0.427. The highest BCUT2D eigenvalue weighted by molar-refractivity contribution is 7.99. The van der Waals surface area contributed by atoms with Crippen LogP contribution in [0.2, 0.25) is 0 Å². The third kappa shape index (κ3) is 2.97. The van der Waals surface area contributed by atoms with Gasteiger partial charge in [0.1, 0.15) is 6.54 Å². The van der Waals surface area contributed by atoms with Gasteiger partial charge in [-0.2, -0.15) is 0 Å². The summed E-state index contributed by atoms with van der Waals surface area (Å²) in [7, 11) is 1.31. The predicted octanol–water partition coefficient (Wildman–Crippen LogP) is 0.940. The van der Waals surface area contributed by atoms with Crippen molar-refractivity contribution >= 4 is 28.6 Å². The first kappa shape index (κ1) is 13.4. The third-order valence-electron chi connectivity index (χ3n) is 2.66. The lowest BCUT2D eigenvalue weighted by Crippen LogP contribution is -2.13. The Labute approximate surface area is 123 Å². The SMILES string of the molecule is COC(=O)Cn1nnnc1Sc1ncc2ccccc2n1. The van der Waals surface area contributed by atoms with E-state index in [0.29, 0.717) is 10.3 Å². The van der Waals surface area contributed by atoms with Gasteiger partial charge in [-0.3, -0.25) is 4.79 Å². The van der Waals surface area contributed by atoms with Gasteiger partial charge in [0.05, 0.1) is 12.6 Å². The second kappa shape index (κ2) is 5.83. The van der Waals surface area contributed by atoms with Crippen LogP contribution in [-0.2, 0) is 16.1 Å². The van der Waals surface area contributed by atoms with Crippen LogP contribution >= 0.6 is 11.8 Å². The van der Waals surface area contributed by atoms with Gasteiger partial charge in [-0.05, 0) is 28.3 Å². The number of carbonyl (C=O) groups is 1. The van der Waals surface area contributed by atoms with Gasteiger partial charge in [0.15, 0.2) is 5.16 Å². The van der Waals surface area contributed by atoms with Crippen LogP contribution in [0, 0.1) is 0 Å². The Balaban J connectivity index is 1.85. The Bertz CT molecular complexity index is 790. The van der Waals surface area contributed by atoms with E-state index in [0.717, 1.165) is 10.9 Å². The molecular formula is C12H10N6O2S. The first-order valence-corrected chi connectivity index (χ1v) is 6.80. The van der Waals surface area contributed by atoms with Gasteiger partial charge in [-0.1, -0.05) is 18.2 Å². The Morgan fingerprint density at radius 2 is 2.24 bits per heavy atom. The molecule has 0 spiro atoms. The molecule has 0 saturated heterocycles. The molecule has 0 aliphatic carbocycles. The van der Waals surface area contributed by atoms with E-state index in [1.165, 1.54) is 23.6 Å². The maximum atomic E-state index is 11.3. The summed E-state index contributed by atoms with van der Waals surface area (Å²) in [6, 6.07) is 7.67. The summed E-state index contributed by atoms with van der Waals surface area (Å²) in [4.78, 5) is 19.9. The summed E-state index contributed by atoms with van der Waals surface area (Å²) >= 11 is 1.19. The third-order valence-corrected chi connectivity index (χ3v) is 3.51. The summed E-state index contributed by atoms with van der Waals surface area (Å²) in [6.45, 7) is -0.0561. The van der Waals surface area contributed by atoms with Crippen molar-refractivity contribution < 1.29 is 9.53 Å². The molecule has 0 radical (unpaired) electrons. The van der Waals surface area contributed by atoms with Crippen LogP contribution in [0.4, 0.5) is 0 Å². The van der Waals surface area contributed by atoms with E-state index in [1.54, 1.807) is 6.20 Å². The molecule has 8 nitrogen and oxygen atoms in total. The topological polar surface area (TPSA) is 95.7 Å². The fourth-order valence-corrected chi connectivity index (χ4v) is 2.34. The van der Waals surface area contributed by atoms with E-state index in [1.807, 2.05) is 24.3 Å². The summed E-state index contributed by atoms with van der Waals surface area (Å²) in [6.07, 6.45) is 1.74. The zero-order chi connectivity index (χ0) is 14.7. The van der Waals surface area contributed by atoms with E-state index >= 15 is 0 Å². The quantitative estimate of drug-likeness (QED) is 0.519. The van der Waals surface area contributed by atoms with E-state index in [-0.39, 0.29) is 6.54 Å². The van der Waals surface area contributed by atoms with Crippen molar-refractivity contribution in [3.63, 3.8) is 0 Å². The zero-order valence-electron chi connectivity index (χ0n) is 11.0. The lowest BCUT2D eigenvalue weighted by atomic mass is 10.2. The van der Waals surface area contributed by atoms with Crippen molar-refractivity contribution in [2.75, 3.05) is 7.11 Å². The van der Waals surface area contributed by atoms with E-state index in [9.17, 15) is 4.79 Å². The highest BCUT2D eigenvalue weighted by atomic mass is 32.2. The number of rotatable bonds is 4. The van der Waals surface area contributed by atoms with Gasteiger partial charge < -0.3 is 4.74 Å². The van der Waals surface area contributed by atoms with Crippen LogP contribution in [-0.4, -0.2) is 43.3 Å². The smallest absolute Gasteiger partial charge is 0.327 e. The number of hydrogen-bond donors (Lipinski definition) is 0. The zero-order valence-corrected chi connectivity index (χ0v) is 11.8. The number of fused-ring (bicyclic) bond motifs is 1. The maximum Gasteiger partial charge on any atom is 0.327 e. The monoisotopic (exact) mass is 302 g/mol. The molecule has 3 aromatic rings. The molecule has 3 rings (SSSR count). The number of tetrazole rings is 1. The highest BCUT2D eigenvalue weighted by Crippen LogP contribution is 2.23. The van der Waals surface area contributed by atoms with E-state index in [2.05, 4.69) is 30.2 Å². The molecule has 0 bridgehead atoms. The summed E-state index contributed by atoms with van der Waals surface area (Å²) < 4.78 is 5.93. The molecule has 2 aromatic heterocycles. The Morgan fingerprint density at radius 3 is 3.10 bits per heavy atom. The normalized spacial score (nSPS) is 10.7. The summed E-state index contributed by atoms with van der Waals surface area (Å²) in [5.41, 5.74) is 0.835. The molecule has 0 saturated carbocycles. The number of para-hydroxylation sites is 1. The van der Waals surface area contributed by atoms with Crippen LogP contribution < -0.4 is 0 Å². The molecule has 0 aliphatic heterocycles. The van der Waals surface area contributed by atoms with Crippen LogP contribution in [0.1, 0.15) is 0 Å². The summed E-state index contributed by atoms with van der Waals surface area (Å²) in [5.74, 6) is -0.427. The van der Waals surface area contributed by atoms with Crippen LogP contribution in [0.25, 0.3) is 10.9 Å². The first-order chi connectivity index (χ1) is 10.3. The number of ether oxygens (including phenoxy) is 1. The van der Waals surface area contributed by atoms with Gasteiger partial charge in [0, 0.05) is 11.6 Å². The average molecular weight is 302 g/mol. The molecule has 0 N–H and O–H groups in total. The van der Waals surface area contributed by atoms with Gasteiger partial charge in [0.25, 0.3) is 0 Å². The van der Waals surface area contributed by atoms with E-state index < -0.39 is 5.97 Å². The van der Waals surface area contributed by atoms with Crippen molar-refractivity contribution in [3.05, 3.63) is 30.5 Å². The predicted molar refractivity (Wildman–Crippen MR) is 73.5 cm³/mol. The molecule has 106 valence electrons. The first-order valence-electron chi connectivity index (χ1n) is 5.99. The van der Waals surface area contributed by atoms with Crippen molar-refractivity contribution in [1.82, 2.24) is 30.2 Å². The Morgan fingerprint density at radius 1 is 1.38 bits per heavy atom. The number of benzene rings is 1. The molecule has 9 heteroatoms. The van der Waals surface area contributed by atoms with Gasteiger partial charge in [-0.15, -0.1) is 5.10 Å². The number of aromatic nitrogens is 6. The lowest BCUT2D eigenvalue weighted by Gasteiger charge is -2.03. The van der Waals surface area contributed by atoms with E-state index in [4.69, 9.17) is 0 Å². The van der Waals surface area contributed by atoms with Crippen LogP contribution in [0.15, 0.2) is 40.8 Å². The van der Waals surface area contributed by atoms with Gasteiger partial charge >= 0.3 is 5.97 Å². The molecule has 0 atom stereocenters. The molecule has 0 amide bonds. The molecule has 1 aromatic carbocycles. The van der Waals surface area contributed by atoms with Crippen LogP contribution in [0.5, 0.6) is 0 Å². The molecule has 0 aliphatic rings. The fourth-order valence-electron chi connectivity index (χ4n) is 1.64. The largest absolute Gasteiger partial charge is 0.468 e. The minimum Gasteiger partial charge on any atom is -0.468 e. The molecule has 21 heavy (non-hydrogen) atoms. The fraction of sp³-hybridized carbons (Fsp3) is 0.167. The van der Waals surface area contributed by atoms with Crippen molar-refractivity contribution in [1.29, 1.82) is 0 Å². The summed E-state index contributed by atoms with van der Waals surface area (Å²) in [5, 5.41) is 13.0. The molecule has 0 fully saturated rings. The van der Waals surface area contributed by atoms with Crippen LogP contribution in [0.3, 0.4) is 0 Å². The Hall–Kier alpha value is -2.55. The van der Waals surface area contributed by atoms with Gasteiger partial charge in [0.2, 0.25) is 5.16 Å². The van der Waals surface area contributed by atoms with Crippen molar-refractivity contribution in [2.45, 2.75) is 16.9 Å². The maximum absolute atomic E-state index is 11.3. The van der Waals surface area contributed by atoms with Gasteiger partial charge in [-0.25, -0.2) is 14.6 Å².